The summed E-state index contributed by atoms with van der Waals surface area (Å²) in [5, 5.41) is 0. The van der Waals surface area contributed by atoms with Gasteiger partial charge in [0, 0.05) is 25.9 Å². The minimum Gasteiger partial charge on any atom is -0.398 e. The Hall–Kier alpha value is -0.843. The molecule has 1 aliphatic rings. The van der Waals surface area contributed by atoms with E-state index in [0.29, 0.717) is 0 Å². The molecule has 0 aliphatic carbocycles. The van der Waals surface area contributed by atoms with E-state index in [1.807, 2.05) is 0 Å². The predicted octanol–water partition coefficient (Wildman–Crippen LogP) is 3.80. The number of hydrogen-bond acceptors (Lipinski definition) is 3. The molecule has 1 saturated heterocycles. The van der Waals surface area contributed by atoms with Gasteiger partial charge < -0.3 is 13.8 Å². The number of hydrogen-bond donors (Lipinski definition) is 0. The molecule has 0 N–H and O–H groups in total. The molecule has 20 heavy (non-hydrogen) atoms. The molecule has 1 atom stereocenters. The topological polar surface area (TPSA) is 21.7 Å². The molecule has 1 aromatic rings. The Kier molecular flexibility index (Phi) is 6.07. The summed E-state index contributed by atoms with van der Waals surface area (Å²) < 4.78 is 11.8. The molecule has 0 aromatic heterocycles. The lowest BCUT2D eigenvalue weighted by Crippen LogP contribution is -2.40. The molecule has 1 aromatic carbocycles. The number of para-hydroxylation sites is 1. The maximum Gasteiger partial charge on any atom is 0.334 e. The molecule has 112 valence electrons. The van der Waals surface area contributed by atoms with Gasteiger partial charge in [-0.3, -0.25) is 0 Å². The summed E-state index contributed by atoms with van der Waals surface area (Å²) in [5.74, 6) is 0. The van der Waals surface area contributed by atoms with Crippen LogP contribution in [0, 0.1) is 0 Å². The fourth-order valence-corrected chi connectivity index (χ4v) is 4.60. The number of rotatable bonds is 2. The summed E-state index contributed by atoms with van der Waals surface area (Å²) in [4.78, 5) is 2.44. The van der Waals surface area contributed by atoms with Gasteiger partial charge >= 0.3 is 8.56 Å². The molecule has 1 aliphatic heterocycles. The Morgan fingerprint density at radius 1 is 1.05 bits per heavy atom. The van der Waals surface area contributed by atoms with Gasteiger partial charge in [0.1, 0.15) is 0 Å². The first-order chi connectivity index (χ1) is 9.73. The lowest BCUT2D eigenvalue weighted by molar-refractivity contribution is 0.208. The van der Waals surface area contributed by atoms with Gasteiger partial charge in [-0.2, -0.15) is 0 Å². The molecule has 0 bridgehead atoms. The van der Waals surface area contributed by atoms with E-state index in [4.69, 9.17) is 8.85 Å². The molecule has 4 heteroatoms. The molecule has 0 radical (unpaired) electrons. The fraction of sp³-hybridized carbons (Fsp3) is 0.625. The summed E-state index contributed by atoms with van der Waals surface area (Å²) in [7, 11) is -0.121. The zero-order valence-electron chi connectivity index (χ0n) is 12.8. The molecule has 1 unspecified atom stereocenters. The van der Waals surface area contributed by atoms with Gasteiger partial charge in [-0.05, 0) is 31.1 Å². The van der Waals surface area contributed by atoms with E-state index in [2.05, 4.69) is 41.8 Å². The minimum absolute atomic E-state index is 0.769. The van der Waals surface area contributed by atoms with Crippen molar-refractivity contribution in [2.75, 3.05) is 31.7 Å². The van der Waals surface area contributed by atoms with Crippen LogP contribution in [0.4, 0.5) is 5.69 Å². The Bertz CT molecular complexity index is 387. The molecule has 1 heterocycles. The van der Waals surface area contributed by atoms with E-state index in [9.17, 15) is 0 Å². The van der Waals surface area contributed by atoms with Crippen LogP contribution in [0.15, 0.2) is 30.3 Å². The summed E-state index contributed by atoms with van der Waals surface area (Å²) in [6, 6.07) is 11.8. The molecule has 3 nitrogen and oxygen atoms in total. The molecule has 0 saturated carbocycles. The number of anilines is 1. The van der Waals surface area contributed by atoms with Gasteiger partial charge in [-0.25, -0.2) is 0 Å². The smallest absolute Gasteiger partial charge is 0.334 e. The van der Waals surface area contributed by atoms with E-state index in [1.54, 1.807) is 7.11 Å². The second-order valence-electron chi connectivity index (χ2n) is 5.67. The number of nitrogens with zero attached hydrogens (tertiary/aromatic N) is 1. The van der Waals surface area contributed by atoms with Gasteiger partial charge in [0.25, 0.3) is 0 Å². The van der Waals surface area contributed by atoms with Gasteiger partial charge in [-0.1, -0.05) is 37.5 Å². The zero-order valence-corrected chi connectivity index (χ0v) is 13.8. The van der Waals surface area contributed by atoms with E-state index in [-0.39, 0.29) is 0 Å². The van der Waals surface area contributed by atoms with Crippen LogP contribution in [0.5, 0.6) is 0 Å². The SMILES string of the molecule is CO[Si]1(C)CCCCCCN(c2ccccc2)CCO1. The highest BCUT2D eigenvalue weighted by Gasteiger charge is 2.29. The first-order valence-corrected chi connectivity index (χ1v) is 10.2. The zero-order chi connectivity index (χ0) is 14.3. The van der Waals surface area contributed by atoms with Gasteiger partial charge in [0.2, 0.25) is 0 Å². The molecule has 0 spiro atoms. The largest absolute Gasteiger partial charge is 0.398 e. The Morgan fingerprint density at radius 3 is 2.55 bits per heavy atom. The average molecular weight is 293 g/mol. The number of benzene rings is 1. The molecule has 2 rings (SSSR count). The fourth-order valence-electron chi connectivity index (χ4n) is 2.72. The second-order valence-corrected chi connectivity index (χ2v) is 9.14. The van der Waals surface area contributed by atoms with Crippen molar-refractivity contribution in [2.24, 2.45) is 0 Å². The minimum atomic E-state index is -1.93. The van der Waals surface area contributed by atoms with Gasteiger partial charge in [0.05, 0.1) is 6.61 Å². The average Bonchev–Trinajstić information content (AvgIpc) is 2.53. The molecular weight excluding hydrogens is 266 g/mol. The first kappa shape index (κ1) is 15.5. The lowest BCUT2D eigenvalue weighted by atomic mass is 10.2. The maximum atomic E-state index is 6.14. The highest BCUT2D eigenvalue weighted by Crippen LogP contribution is 2.20. The molecule has 0 amide bonds. The van der Waals surface area contributed by atoms with E-state index in [0.717, 1.165) is 25.7 Å². The van der Waals surface area contributed by atoms with Crippen LogP contribution in [-0.4, -0.2) is 35.4 Å². The predicted molar refractivity (Wildman–Crippen MR) is 86.5 cm³/mol. The summed E-state index contributed by atoms with van der Waals surface area (Å²) in [6.07, 6.45) is 5.09. The Labute approximate surface area is 124 Å². The third kappa shape index (κ3) is 4.61. The van der Waals surface area contributed by atoms with Crippen molar-refractivity contribution in [1.29, 1.82) is 0 Å². The molecular formula is C16H27NO2Si. The van der Waals surface area contributed by atoms with Gasteiger partial charge in [-0.15, -0.1) is 0 Å². The van der Waals surface area contributed by atoms with Crippen LogP contribution in [0.1, 0.15) is 25.7 Å². The maximum absolute atomic E-state index is 6.14. The van der Waals surface area contributed by atoms with Crippen LogP contribution in [0.25, 0.3) is 0 Å². The summed E-state index contributed by atoms with van der Waals surface area (Å²) in [6.45, 7) is 5.04. The Morgan fingerprint density at radius 2 is 1.80 bits per heavy atom. The highest BCUT2D eigenvalue weighted by molar-refractivity contribution is 6.65. The van der Waals surface area contributed by atoms with Crippen molar-refractivity contribution in [3.8, 4) is 0 Å². The standard InChI is InChI=1S/C16H27NO2Si/c1-18-20(2)15-9-4-3-8-12-17(13-14-19-20)16-10-6-5-7-11-16/h5-7,10-11H,3-4,8-9,12-15H2,1-2H3. The van der Waals surface area contributed by atoms with Crippen LogP contribution in [0.3, 0.4) is 0 Å². The van der Waals surface area contributed by atoms with Crippen molar-refractivity contribution in [1.82, 2.24) is 0 Å². The third-order valence-corrected chi connectivity index (χ3v) is 7.07. The van der Waals surface area contributed by atoms with E-state index < -0.39 is 8.56 Å². The summed E-state index contributed by atoms with van der Waals surface area (Å²) in [5.41, 5.74) is 1.30. The first-order valence-electron chi connectivity index (χ1n) is 7.73. The summed E-state index contributed by atoms with van der Waals surface area (Å²) >= 11 is 0. The third-order valence-electron chi connectivity index (χ3n) is 4.13. The van der Waals surface area contributed by atoms with E-state index in [1.165, 1.54) is 31.4 Å². The monoisotopic (exact) mass is 293 g/mol. The highest BCUT2D eigenvalue weighted by atomic mass is 28.4. The van der Waals surface area contributed by atoms with Crippen LogP contribution in [0.2, 0.25) is 12.6 Å². The van der Waals surface area contributed by atoms with Crippen molar-refractivity contribution in [3.05, 3.63) is 30.3 Å². The van der Waals surface area contributed by atoms with Crippen molar-refractivity contribution in [3.63, 3.8) is 0 Å². The van der Waals surface area contributed by atoms with Crippen molar-refractivity contribution in [2.45, 2.75) is 38.3 Å². The van der Waals surface area contributed by atoms with Crippen LogP contribution in [-0.2, 0) is 8.85 Å². The van der Waals surface area contributed by atoms with Gasteiger partial charge in [0.15, 0.2) is 0 Å². The quantitative estimate of drug-likeness (QED) is 0.774. The van der Waals surface area contributed by atoms with Crippen LogP contribution < -0.4 is 4.90 Å². The van der Waals surface area contributed by atoms with E-state index >= 15 is 0 Å². The van der Waals surface area contributed by atoms with Crippen molar-refractivity contribution < 1.29 is 8.85 Å². The Balaban J connectivity index is 2.00. The lowest BCUT2D eigenvalue weighted by Gasteiger charge is -2.28. The van der Waals surface area contributed by atoms with Crippen LogP contribution >= 0.6 is 0 Å². The molecule has 1 fully saturated rings. The second kappa shape index (κ2) is 7.81. The van der Waals surface area contributed by atoms with Crippen molar-refractivity contribution >= 4 is 14.2 Å². The normalized spacial score (nSPS) is 26.0.